The number of alkyl carbamates (subject to hydrolysis) is 1. The Labute approximate surface area is 131 Å². The van der Waals surface area contributed by atoms with Gasteiger partial charge in [0.25, 0.3) is 10.1 Å². The van der Waals surface area contributed by atoms with E-state index in [0.717, 1.165) is 5.56 Å². The minimum Gasteiger partial charge on any atom is -0.445 e. The van der Waals surface area contributed by atoms with Crippen LogP contribution in [0.4, 0.5) is 4.79 Å². The monoisotopic (exact) mass is 329 g/mol. The summed E-state index contributed by atoms with van der Waals surface area (Å²) in [5.74, 6) is -0.107. The number of carbonyl (C=O) groups excluding carboxylic acids is 1. The van der Waals surface area contributed by atoms with E-state index in [1.54, 1.807) is 0 Å². The van der Waals surface area contributed by atoms with Crippen molar-refractivity contribution in [2.75, 3.05) is 5.75 Å². The number of rotatable bonds is 8. The standard InChI is InChI=1S/C15H23NO5S/c1-12(2)10-14(8-9-22(18,19)20)16-15(17)21-11-13-6-4-3-5-7-13/h3-7,12,14H,8-11H2,1-2H3,(H,16,17)(H,18,19,20). The van der Waals surface area contributed by atoms with Gasteiger partial charge in [0.1, 0.15) is 6.61 Å². The van der Waals surface area contributed by atoms with Crippen LogP contribution in [0.1, 0.15) is 32.3 Å². The topological polar surface area (TPSA) is 92.7 Å². The molecule has 1 rings (SSSR count). The molecule has 1 aromatic carbocycles. The molecule has 1 aromatic rings. The highest BCUT2D eigenvalue weighted by atomic mass is 32.2. The molecule has 7 heteroatoms. The summed E-state index contributed by atoms with van der Waals surface area (Å²) in [5, 5.41) is 2.65. The zero-order valence-electron chi connectivity index (χ0n) is 12.9. The van der Waals surface area contributed by atoms with Crippen molar-refractivity contribution < 1.29 is 22.5 Å². The second-order valence-corrected chi connectivity index (χ2v) is 7.18. The summed E-state index contributed by atoms with van der Waals surface area (Å²) in [6, 6.07) is 8.91. The Morgan fingerprint density at radius 3 is 2.45 bits per heavy atom. The van der Waals surface area contributed by atoms with Crippen LogP contribution in [0.3, 0.4) is 0 Å². The minimum absolute atomic E-state index is 0.150. The van der Waals surface area contributed by atoms with Crippen LogP contribution in [0.15, 0.2) is 30.3 Å². The first-order valence-corrected chi connectivity index (χ1v) is 8.79. The summed E-state index contributed by atoms with van der Waals surface area (Å²) >= 11 is 0. The third-order valence-corrected chi connectivity index (χ3v) is 3.77. The Kier molecular flexibility index (Phi) is 7.34. The van der Waals surface area contributed by atoms with Gasteiger partial charge in [0.2, 0.25) is 0 Å². The first kappa shape index (κ1) is 18.4. The third kappa shape index (κ3) is 8.63. The quantitative estimate of drug-likeness (QED) is 0.715. The Bertz CT molecular complexity index is 557. The van der Waals surface area contributed by atoms with E-state index in [0.29, 0.717) is 6.42 Å². The summed E-state index contributed by atoms with van der Waals surface area (Å²) in [6.45, 7) is 4.09. The van der Waals surface area contributed by atoms with E-state index in [1.165, 1.54) is 0 Å². The molecule has 0 aliphatic heterocycles. The molecule has 0 aliphatic carbocycles. The molecule has 1 amide bonds. The molecule has 0 bridgehead atoms. The van der Waals surface area contributed by atoms with Crippen molar-refractivity contribution in [2.24, 2.45) is 5.92 Å². The zero-order valence-corrected chi connectivity index (χ0v) is 13.7. The van der Waals surface area contributed by atoms with E-state index >= 15 is 0 Å². The molecule has 1 unspecified atom stereocenters. The summed E-state index contributed by atoms with van der Waals surface area (Å²) in [6.07, 6.45) is 0.165. The molecule has 124 valence electrons. The average Bonchev–Trinajstić information content (AvgIpc) is 2.42. The van der Waals surface area contributed by atoms with Gasteiger partial charge < -0.3 is 10.1 Å². The molecule has 0 saturated heterocycles. The van der Waals surface area contributed by atoms with Crippen LogP contribution in [0.2, 0.25) is 0 Å². The highest BCUT2D eigenvalue weighted by molar-refractivity contribution is 7.85. The van der Waals surface area contributed by atoms with Crippen LogP contribution >= 0.6 is 0 Å². The molecule has 1 atom stereocenters. The number of amides is 1. The average molecular weight is 329 g/mol. The Balaban J connectivity index is 2.47. The molecule has 22 heavy (non-hydrogen) atoms. The predicted octanol–water partition coefficient (Wildman–Crippen LogP) is 2.61. The SMILES string of the molecule is CC(C)CC(CCS(=O)(=O)O)NC(=O)OCc1ccccc1. The van der Waals surface area contributed by atoms with E-state index < -0.39 is 16.2 Å². The van der Waals surface area contributed by atoms with E-state index in [9.17, 15) is 13.2 Å². The van der Waals surface area contributed by atoms with Gasteiger partial charge in [0.05, 0.1) is 5.75 Å². The highest BCUT2D eigenvalue weighted by Gasteiger charge is 2.17. The van der Waals surface area contributed by atoms with Gasteiger partial charge in [-0.3, -0.25) is 4.55 Å². The Morgan fingerprint density at radius 2 is 1.91 bits per heavy atom. The van der Waals surface area contributed by atoms with E-state index in [-0.39, 0.29) is 30.7 Å². The number of nitrogens with one attached hydrogen (secondary N) is 1. The lowest BCUT2D eigenvalue weighted by Gasteiger charge is -2.19. The van der Waals surface area contributed by atoms with Gasteiger partial charge in [0.15, 0.2) is 0 Å². The molecular weight excluding hydrogens is 306 g/mol. The van der Waals surface area contributed by atoms with Crippen LogP contribution in [-0.2, 0) is 21.5 Å². The molecule has 0 aromatic heterocycles. The van der Waals surface area contributed by atoms with Crippen molar-refractivity contribution in [3.63, 3.8) is 0 Å². The maximum Gasteiger partial charge on any atom is 0.407 e. The van der Waals surface area contributed by atoms with Gasteiger partial charge in [0, 0.05) is 6.04 Å². The van der Waals surface area contributed by atoms with Gasteiger partial charge in [-0.25, -0.2) is 4.79 Å². The number of hydrogen-bond acceptors (Lipinski definition) is 4. The molecule has 0 heterocycles. The molecule has 0 spiro atoms. The van der Waals surface area contributed by atoms with Crippen molar-refractivity contribution in [2.45, 2.75) is 39.3 Å². The number of ether oxygens (including phenoxy) is 1. The molecule has 2 N–H and O–H groups in total. The fourth-order valence-electron chi connectivity index (χ4n) is 2.04. The largest absolute Gasteiger partial charge is 0.445 e. The molecular formula is C15H23NO5S. The van der Waals surface area contributed by atoms with E-state index in [4.69, 9.17) is 9.29 Å². The van der Waals surface area contributed by atoms with Crippen LogP contribution in [0, 0.1) is 5.92 Å². The van der Waals surface area contributed by atoms with Crippen LogP contribution in [-0.4, -0.2) is 30.9 Å². The van der Waals surface area contributed by atoms with Crippen molar-refractivity contribution in [1.82, 2.24) is 5.32 Å². The van der Waals surface area contributed by atoms with Gasteiger partial charge >= 0.3 is 6.09 Å². The van der Waals surface area contributed by atoms with Crippen LogP contribution in [0.5, 0.6) is 0 Å². The predicted molar refractivity (Wildman–Crippen MR) is 84.0 cm³/mol. The van der Waals surface area contributed by atoms with Crippen LogP contribution < -0.4 is 5.32 Å². The summed E-state index contributed by atoms with van der Waals surface area (Å²) in [4.78, 5) is 11.8. The minimum atomic E-state index is -4.04. The van der Waals surface area contributed by atoms with Crippen molar-refractivity contribution in [3.05, 3.63) is 35.9 Å². The smallest absolute Gasteiger partial charge is 0.407 e. The van der Waals surface area contributed by atoms with E-state index in [2.05, 4.69) is 5.32 Å². The van der Waals surface area contributed by atoms with Gasteiger partial charge in [-0.05, 0) is 24.3 Å². The van der Waals surface area contributed by atoms with E-state index in [1.807, 2.05) is 44.2 Å². The van der Waals surface area contributed by atoms with Gasteiger partial charge in [-0.2, -0.15) is 8.42 Å². The molecule has 6 nitrogen and oxygen atoms in total. The molecule has 0 aliphatic rings. The lowest BCUT2D eigenvalue weighted by atomic mass is 10.0. The summed E-state index contributed by atoms with van der Waals surface area (Å²) in [7, 11) is -4.04. The maximum absolute atomic E-state index is 11.8. The summed E-state index contributed by atoms with van der Waals surface area (Å²) in [5.41, 5.74) is 0.871. The Morgan fingerprint density at radius 1 is 1.27 bits per heavy atom. The van der Waals surface area contributed by atoms with Crippen molar-refractivity contribution in [1.29, 1.82) is 0 Å². The fraction of sp³-hybridized carbons (Fsp3) is 0.533. The molecule has 0 radical (unpaired) electrons. The fourth-order valence-corrected chi connectivity index (χ4v) is 2.62. The maximum atomic E-state index is 11.8. The molecule has 0 fully saturated rings. The Hall–Kier alpha value is -1.60. The second-order valence-electron chi connectivity index (χ2n) is 5.61. The number of carbonyl (C=O) groups is 1. The van der Waals surface area contributed by atoms with Gasteiger partial charge in [-0.15, -0.1) is 0 Å². The third-order valence-electron chi connectivity index (χ3n) is 3.01. The second kappa shape index (κ2) is 8.75. The number of hydrogen-bond donors (Lipinski definition) is 2. The lowest BCUT2D eigenvalue weighted by Crippen LogP contribution is -2.37. The highest BCUT2D eigenvalue weighted by Crippen LogP contribution is 2.10. The lowest BCUT2D eigenvalue weighted by molar-refractivity contribution is 0.134. The van der Waals surface area contributed by atoms with Crippen molar-refractivity contribution >= 4 is 16.2 Å². The number of benzene rings is 1. The van der Waals surface area contributed by atoms with Gasteiger partial charge in [-0.1, -0.05) is 44.2 Å². The summed E-state index contributed by atoms with van der Waals surface area (Å²) < 4.78 is 35.6. The first-order valence-electron chi connectivity index (χ1n) is 7.18. The zero-order chi connectivity index (χ0) is 16.6. The first-order chi connectivity index (χ1) is 10.3. The van der Waals surface area contributed by atoms with Crippen LogP contribution in [0.25, 0.3) is 0 Å². The normalized spacial score (nSPS) is 12.9. The van der Waals surface area contributed by atoms with Crippen molar-refractivity contribution in [3.8, 4) is 0 Å². The molecule has 0 saturated carbocycles.